The second-order valence-electron chi connectivity index (χ2n) is 7.69. The van der Waals surface area contributed by atoms with Crippen molar-refractivity contribution in [3.8, 4) is 0 Å². The smallest absolute Gasteiger partial charge is 0.284 e. The Hall–Kier alpha value is -2.07. The van der Waals surface area contributed by atoms with Gasteiger partial charge in [-0.25, -0.2) is 0 Å². The van der Waals surface area contributed by atoms with Crippen LogP contribution in [0, 0.1) is 0 Å². The molecule has 0 unspecified atom stereocenters. The largest absolute Gasteiger partial charge is 0.454 e. The van der Waals surface area contributed by atoms with Crippen molar-refractivity contribution in [2.45, 2.75) is 32.9 Å². The van der Waals surface area contributed by atoms with Crippen LogP contribution in [0.25, 0.3) is 0 Å². The van der Waals surface area contributed by atoms with Crippen molar-refractivity contribution >= 4 is 35.8 Å². The number of hydrogen-bond acceptors (Lipinski definition) is 4. The van der Waals surface area contributed by atoms with Gasteiger partial charge in [0.2, 0.25) is 0 Å². The van der Waals surface area contributed by atoms with Crippen LogP contribution >= 0.6 is 24.0 Å². The number of amides is 1. The number of carbonyl (C=O) groups is 1. The molecule has 0 spiro atoms. The van der Waals surface area contributed by atoms with Gasteiger partial charge < -0.3 is 20.4 Å². The Morgan fingerprint density at radius 2 is 1.80 bits per heavy atom. The van der Waals surface area contributed by atoms with Crippen LogP contribution in [0.5, 0.6) is 0 Å². The molecule has 2 heterocycles. The molecule has 3 N–H and O–H groups in total. The summed E-state index contributed by atoms with van der Waals surface area (Å²) in [7, 11) is 1.78. The number of guanidine groups is 1. The van der Waals surface area contributed by atoms with E-state index in [4.69, 9.17) is 10.2 Å². The van der Waals surface area contributed by atoms with Crippen LogP contribution in [-0.4, -0.2) is 54.9 Å². The molecule has 0 radical (unpaired) electrons. The van der Waals surface area contributed by atoms with Gasteiger partial charge in [-0.15, -0.1) is 24.0 Å². The first kappa shape index (κ1) is 24.2. The Kier molecular flexibility index (Phi) is 9.16. The zero-order valence-corrected chi connectivity index (χ0v) is 20.3. The van der Waals surface area contributed by atoms with Gasteiger partial charge in [0, 0.05) is 39.8 Å². The van der Waals surface area contributed by atoms with Crippen molar-refractivity contribution in [2.24, 2.45) is 10.7 Å². The molecule has 30 heavy (non-hydrogen) atoms. The van der Waals surface area contributed by atoms with E-state index >= 15 is 0 Å². The van der Waals surface area contributed by atoms with Crippen molar-refractivity contribution in [2.75, 3.05) is 33.2 Å². The van der Waals surface area contributed by atoms with Crippen molar-refractivity contribution in [3.05, 3.63) is 59.0 Å². The summed E-state index contributed by atoms with van der Waals surface area (Å²) < 4.78 is 5.42. The maximum Gasteiger partial charge on any atom is 0.284 e. The van der Waals surface area contributed by atoms with E-state index < -0.39 is 5.91 Å². The number of hydrogen-bond donors (Lipinski definition) is 2. The Labute approximate surface area is 195 Å². The molecule has 0 aliphatic carbocycles. The van der Waals surface area contributed by atoms with E-state index in [9.17, 15) is 4.79 Å². The molecular weight excluding hydrogens is 493 g/mol. The standard InChI is InChI=1S/C22H31N5O2.HI/c1-16(2)18-6-4-17(5-7-18)15-26-10-12-27(13-11-26)22(24-3)25-14-19-8-9-20(29-19)21(23)28;/h4-9,16H,10-15H2,1-3H3,(H2,23,28)(H,24,25);1H. The third-order valence-corrected chi connectivity index (χ3v) is 5.26. The number of rotatable bonds is 6. The molecule has 7 nitrogen and oxygen atoms in total. The highest BCUT2D eigenvalue weighted by atomic mass is 127. The Bertz CT molecular complexity index is 839. The number of benzene rings is 1. The molecule has 1 fully saturated rings. The van der Waals surface area contributed by atoms with Crippen molar-refractivity contribution in [3.63, 3.8) is 0 Å². The van der Waals surface area contributed by atoms with Gasteiger partial charge in [0.1, 0.15) is 5.76 Å². The number of nitrogens with zero attached hydrogens (tertiary/aromatic N) is 3. The fraction of sp³-hybridized carbons (Fsp3) is 0.455. The third kappa shape index (κ3) is 6.46. The van der Waals surface area contributed by atoms with E-state index in [0.717, 1.165) is 38.7 Å². The summed E-state index contributed by atoms with van der Waals surface area (Å²) in [4.78, 5) is 20.2. The lowest BCUT2D eigenvalue weighted by Crippen LogP contribution is -2.52. The highest BCUT2D eigenvalue weighted by Gasteiger charge is 2.20. The molecule has 2 aromatic rings. The van der Waals surface area contributed by atoms with E-state index in [1.54, 1.807) is 19.2 Å². The Morgan fingerprint density at radius 1 is 1.13 bits per heavy atom. The van der Waals surface area contributed by atoms with E-state index in [1.807, 2.05) is 0 Å². The van der Waals surface area contributed by atoms with Crippen LogP contribution in [0.15, 0.2) is 45.8 Å². The SMILES string of the molecule is CN=C(NCc1ccc(C(N)=O)o1)N1CCN(Cc2ccc(C(C)C)cc2)CC1.I. The molecule has 0 bridgehead atoms. The number of primary amides is 1. The zero-order chi connectivity index (χ0) is 20.8. The van der Waals surface area contributed by atoms with E-state index in [-0.39, 0.29) is 29.7 Å². The van der Waals surface area contributed by atoms with Crippen LogP contribution in [0.1, 0.15) is 47.2 Å². The molecule has 0 saturated carbocycles. The fourth-order valence-corrected chi connectivity index (χ4v) is 3.49. The molecule has 164 valence electrons. The highest BCUT2D eigenvalue weighted by Crippen LogP contribution is 2.16. The molecule has 1 saturated heterocycles. The monoisotopic (exact) mass is 525 g/mol. The summed E-state index contributed by atoms with van der Waals surface area (Å²) in [5.41, 5.74) is 7.96. The van der Waals surface area contributed by atoms with E-state index in [1.165, 1.54) is 11.1 Å². The number of nitrogens with two attached hydrogens (primary N) is 1. The maximum absolute atomic E-state index is 11.1. The summed E-state index contributed by atoms with van der Waals surface area (Å²) >= 11 is 0. The maximum atomic E-state index is 11.1. The normalized spacial score (nSPS) is 15.2. The molecule has 1 aromatic carbocycles. The molecule has 0 atom stereocenters. The molecule has 3 rings (SSSR count). The van der Waals surface area contributed by atoms with Gasteiger partial charge in [-0.1, -0.05) is 38.1 Å². The number of nitrogens with one attached hydrogen (secondary N) is 1. The second-order valence-corrected chi connectivity index (χ2v) is 7.69. The van der Waals surface area contributed by atoms with Gasteiger partial charge in [0.25, 0.3) is 5.91 Å². The average Bonchev–Trinajstić information content (AvgIpc) is 3.19. The average molecular weight is 525 g/mol. The summed E-state index contributed by atoms with van der Waals surface area (Å²) in [5, 5.41) is 3.30. The summed E-state index contributed by atoms with van der Waals surface area (Å²) in [6, 6.07) is 12.3. The first-order valence-corrected chi connectivity index (χ1v) is 10.1. The van der Waals surface area contributed by atoms with Crippen LogP contribution in [-0.2, 0) is 13.1 Å². The minimum atomic E-state index is -0.560. The van der Waals surface area contributed by atoms with Crippen LogP contribution in [0.3, 0.4) is 0 Å². The highest BCUT2D eigenvalue weighted by molar-refractivity contribution is 14.0. The van der Waals surface area contributed by atoms with Gasteiger partial charge in [0.15, 0.2) is 11.7 Å². The third-order valence-electron chi connectivity index (χ3n) is 5.26. The quantitative estimate of drug-likeness (QED) is 0.344. The van der Waals surface area contributed by atoms with Crippen LogP contribution in [0.4, 0.5) is 0 Å². The van der Waals surface area contributed by atoms with Crippen LogP contribution in [0.2, 0.25) is 0 Å². The number of furan rings is 1. The summed E-state index contributed by atoms with van der Waals surface area (Å²) in [5.74, 6) is 1.67. The minimum absolute atomic E-state index is 0. The molecule has 1 aliphatic rings. The lowest BCUT2D eigenvalue weighted by molar-refractivity contribution is 0.0972. The van der Waals surface area contributed by atoms with Crippen molar-refractivity contribution in [1.29, 1.82) is 0 Å². The zero-order valence-electron chi connectivity index (χ0n) is 17.9. The first-order chi connectivity index (χ1) is 14.0. The van der Waals surface area contributed by atoms with Gasteiger partial charge in [-0.05, 0) is 29.2 Å². The topological polar surface area (TPSA) is 87.1 Å². The number of piperazine rings is 1. The van der Waals surface area contributed by atoms with E-state index in [2.05, 4.69) is 58.2 Å². The Morgan fingerprint density at radius 3 is 2.33 bits per heavy atom. The van der Waals surface area contributed by atoms with Gasteiger partial charge in [0.05, 0.1) is 6.54 Å². The molecule has 8 heteroatoms. The minimum Gasteiger partial charge on any atom is -0.454 e. The number of halogens is 1. The lowest BCUT2D eigenvalue weighted by Gasteiger charge is -2.36. The molecule has 1 aromatic heterocycles. The Balaban J connectivity index is 0.00000320. The predicted molar refractivity (Wildman–Crippen MR) is 130 cm³/mol. The molecular formula is C22H32IN5O2. The summed E-state index contributed by atoms with van der Waals surface area (Å²) in [6.45, 7) is 9.67. The molecule has 1 amide bonds. The summed E-state index contributed by atoms with van der Waals surface area (Å²) in [6.07, 6.45) is 0. The van der Waals surface area contributed by atoms with Gasteiger partial charge >= 0.3 is 0 Å². The van der Waals surface area contributed by atoms with Crippen molar-refractivity contribution in [1.82, 2.24) is 15.1 Å². The first-order valence-electron chi connectivity index (χ1n) is 10.1. The lowest BCUT2D eigenvalue weighted by atomic mass is 10.0. The van der Waals surface area contributed by atoms with Gasteiger partial charge in [-0.2, -0.15) is 0 Å². The number of aliphatic imine (C=N–C) groups is 1. The van der Waals surface area contributed by atoms with Crippen molar-refractivity contribution < 1.29 is 9.21 Å². The second kappa shape index (κ2) is 11.4. The molecule has 1 aliphatic heterocycles. The van der Waals surface area contributed by atoms with Gasteiger partial charge in [-0.3, -0.25) is 14.7 Å². The number of carbonyl (C=O) groups excluding carboxylic acids is 1. The fourth-order valence-electron chi connectivity index (χ4n) is 3.49. The van der Waals surface area contributed by atoms with Crippen LogP contribution < -0.4 is 11.1 Å². The predicted octanol–water partition coefficient (Wildman–Crippen LogP) is 3.01. The van der Waals surface area contributed by atoms with E-state index in [0.29, 0.717) is 18.2 Å².